The number of carbonyl (C=O) groups is 1. The van der Waals surface area contributed by atoms with Gasteiger partial charge in [0, 0.05) is 11.2 Å². The van der Waals surface area contributed by atoms with Gasteiger partial charge in [-0.1, -0.05) is 36.8 Å². The minimum atomic E-state index is 0.00714. The molecule has 1 aromatic rings. The van der Waals surface area contributed by atoms with E-state index in [1.54, 1.807) is 0 Å². The molecule has 0 aliphatic rings. The van der Waals surface area contributed by atoms with Crippen LogP contribution in [0.1, 0.15) is 22.8 Å². The second kappa shape index (κ2) is 3.82. The summed E-state index contributed by atoms with van der Waals surface area (Å²) < 4.78 is 0. The predicted octanol–water partition coefficient (Wildman–Crippen LogP) is 2.44. The molecular weight excluding hydrogens is 167 g/mol. The van der Waals surface area contributed by atoms with Crippen LogP contribution < -0.4 is 0 Å². The van der Waals surface area contributed by atoms with Crippen LogP contribution >= 0.6 is 9.24 Å². The van der Waals surface area contributed by atoms with Crippen molar-refractivity contribution in [2.75, 3.05) is 0 Å². The van der Waals surface area contributed by atoms with E-state index in [9.17, 15) is 4.79 Å². The van der Waals surface area contributed by atoms with E-state index in [0.717, 1.165) is 5.56 Å². The Hall–Kier alpha value is -0.680. The summed E-state index contributed by atoms with van der Waals surface area (Å²) in [7, 11) is 2.51. The van der Waals surface area contributed by atoms with Gasteiger partial charge < -0.3 is 0 Å². The standard InChI is InChI=1S/C10H13OP/c1-7-3-5-9(6-4-7)10(11)8(2)12/h3-6,8H,12H2,1-2H3. The van der Waals surface area contributed by atoms with E-state index in [0.29, 0.717) is 0 Å². The molecule has 0 radical (unpaired) electrons. The van der Waals surface area contributed by atoms with Gasteiger partial charge in [0.05, 0.1) is 0 Å². The number of ketones is 1. The van der Waals surface area contributed by atoms with Crippen LogP contribution in [0.2, 0.25) is 0 Å². The molecule has 0 aliphatic heterocycles. The van der Waals surface area contributed by atoms with E-state index in [2.05, 4.69) is 9.24 Å². The highest BCUT2D eigenvalue weighted by Crippen LogP contribution is 2.10. The maximum absolute atomic E-state index is 11.4. The fourth-order valence-corrected chi connectivity index (χ4v) is 1.17. The number of hydrogen-bond acceptors (Lipinski definition) is 1. The Balaban J connectivity index is 2.90. The zero-order chi connectivity index (χ0) is 9.14. The third-order valence-electron chi connectivity index (χ3n) is 1.75. The highest BCUT2D eigenvalue weighted by molar-refractivity contribution is 7.19. The first kappa shape index (κ1) is 9.41. The quantitative estimate of drug-likeness (QED) is 0.504. The monoisotopic (exact) mass is 180 g/mol. The summed E-state index contributed by atoms with van der Waals surface area (Å²) in [5.41, 5.74) is 1.98. The van der Waals surface area contributed by atoms with E-state index in [4.69, 9.17) is 0 Å². The van der Waals surface area contributed by atoms with Crippen molar-refractivity contribution in [1.82, 2.24) is 0 Å². The number of hydrogen-bond donors (Lipinski definition) is 0. The first-order valence-electron chi connectivity index (χ1n) is 3.97. The van der Waals surface area contributed by atoms with Gasteiger partial charge in [0.15, 0.2) is 5.78 Å². The second-order valence-electron chi connectivity index (χ2n) is 3.02. The van der Waals surface area contributed by atoms with E-state index >= 15 is 0 Å². The molecule has 0 saturated carbocycles. The van der Waals surface area contributed by atoms with E-state index in [1.165, 1.54) is 5.56 Å². The smallest absolute Gasteiger partial charge is 0.169 e. The van der Waals surface area contributed by atoms with Crippen molar-refractivity contribution < 1.29 is 4.79 Å². The van der Waals surface area contributed by atoms with Crippen LogP contribution in [0.15, 0.2) is 24.3 Å². The van der Waals surface area contributed by atoms with Crippen molar-refractivity contribution in [2.24, 2.45) is 0 Å². The van der Waals surface area contributed by atoms with Crippen LogP contribution in [-0.2, 0) is 0 Å². The minimum Gasteiger partial charge on any atom is -0.294 e. The summed E-state index contributed by atoms with van der Waals surface area (Å²) in [6.07, 6.45) is 0. The van der Waals surface area contributed by atoms with Crippen LogP contribution in [0, 0.1) is 6.92 Å². The fourth-order valence-electron chi connectivity index (χ4n) is 0.981. The van der Waals surface area contributed by atoms with Crippen molar-refractivity contribution in [3.8, 4) is 0 Å². The van der Waals surface area contributed by atoms with Crippen LogP contribution in [0.4, 0.5) is 0 Å². The van der Waals surface area contributed by atoms with Crippen molar-refractivity contribution >= 4 is 15.0 Å². The topological polar surface area (TPSA) is 17.1 Å². The Morgan fingerprint density at radius 1 is 1.33 bits per heavy atom. The molecule has 1 aromatic carbocycles. The molecule has 0 amide bonds. The lowest BCUT2D eigenvalue weighted by Gasteiger charge is -2.03. The third kappa shape index (κ3) is 2.15. The van der Waals surface area contributed by atoms with Gasteiger partial charge in [-0.15, -0.1) is 9.24 Å². The summed E-state index contributed by atoms with van der Waals surface area (Å²) in [6.45, 7) is 3.89. The first-order valence-corrected chi connectivity index (χ1v) is 4.64. The average Bonchev–Trinajstić information content (AvgIpc) is 2.04. The van der Waals surface area contributed by atoms with Crippen LogP contribution in [0.25, 0.3) is 0 Å². The number of benzene rings is 1. The van der Waals surface area contributed by atoms with Crippen molar-refractivity contribution in [3.05, 3.63) is 35.4 Å². The van der Waals surface area contributed by atoms with Crippen LogP contribution in [0.3, 0.4) is 0 Å². The molecule has 0 N–H and O–H groups in total. The fraction of sp³-hybridized carbons (Fsp3) is 0.300. The zero-order valence-corrected chi connectivity index (χ0v) is 8.53. The molecule has 12 heavy (non-hydrogen) atoms. The van der Waals surface area contributed by atoms with Gasteiger partial charge in [-0.05, 0) is 6.92 Å². The molecule has 0 spiro atoms. The second-order valence-corrected chi connectivity index (χ2v) is 4.02. The molecule has 0 bridgehead atoms. The predicted molar refractivity (Wildman–Crippen MR) is 54.7 cm³/mol. The molecule has 0 saturated heterocycles. The normalized spacial score (nSPS) is 12.6. The molecule has 0 aromatic heterocycles. The lowest BCUT2D eigenvalue weighted by Crippen LogP contribution is -2.09. The van der Waals surface area contributed by atoms with Crippen LogP contribution in [-0.4, -0.2) is 11.4 Å². The minimum absolute atomic E-state index is 0.00714. The Labute approximate surface area is 75.4 Å². The largest absolute Gasteiger partial charge is 0.294 e. The lowest BCUT2D eigenvalue weighted by molar-refractivity contribution is 0.0993. The first-order chi connectivity index (χ1) is 5.61. The Morgan fingerprint density at radius 2 is 1.83 bits per heavy atom. The summed E-state index contributed by atoms with van der Waals surface area (Å²) in [5, 5.41) is 0. The van der Waals surface area contributed by atoms with Gasteiger partial charge in [0.1, 0.15) is 0 Å². The summed E-state index contributed by atoms with van der Waals surface area (Å²) in [6, 6.07) is 7.66. The van der Waals surface area contributed by atoms with Crippen LogP contribution in [0.5, 0.6) is 0 Å². The van der Waals surface area contributed by atoms with Crippen molar-refractivity contribution in [1.29, 1.82) is 0 Å². The molecular formula is C10H13OP. The molecule has 2 unspecified atom stereocenters. The molecule has 1 nitrogen and oxygen atoms in total. The third-order valence-corrected chi connectivity index (χ3v) is 2.05. The number of Topliss-reactive ketones (excluding diaryl/α,β-unsaturated/α-hetero) is 1. The maximum atomic E-state index is 11.4. The van der Waals surface area contributed by atoms with E-state index in [1.807, 2.05) is 38.1 Å². The van der Waals surface area contributed by atoms with Gasteiger partial charge in [-0.2, -0.15) is 0 Å². The summed E-state index contributed by atoms with van der Waals surface area (Å²) >= 11 is 0. The molecule has 2 atom stereocenters. The highest BCUT2D eigenvalue weighted by Gasteiger charge is 2.08. The molecule has 1 rings (SSSR count). The average molecular weight is 180 g/mol. The van der Waals surface area contributed by atoms with E-state index < -0.39 is 0 Å². The van der Waals surface area contributed by atoms with Gasteiger partial charge >= 0.3 is 0 Å². The number of rotatable bonds is 2. The maximum Gasteiger partial charge on any atom is 0.169 e. The molecule has 2 heteroatoms. The zero-order valence-electron chi connectivity index (χ0n) is 7.37. The molecule has 0 aliphatic carbocycles. The van der Waals surface area contributed by atoms with Crippen molar-refractivity contribution in [2.45, 2.75) is 19.5 Å². The highest BCUT2D eigenvalue weighted by atomic mass is 31.0. The number of carbonyl (C=O) groups excluding carboxylic acids is 1. The van der Waals surface area contributed by atoms with Gasteiger partial charge in [-0.25, -0.2) is 0 Å². The van der Waals surface area contributed by atoms with Gasteiger partial charge in [-0.3, -0.25) is 4.79 Å². The van der Waals surface area contributed by atoms with E-state index in [-0.39, 0.29) is 11.4 Å². The Morgan fingerprint density at radius 3 is 2.25 bits per heavy atom. The molecule has 0 fully saturated rings. The lowest BCUT2D eigenvalue weighted by atomic mass is 10.1. The number of aryl methyl sites for hydroxylation is 1. The Kier molecular flexibility index (Phi) is 2.99. The van der Waals surface area contributed by atoms with Gasteiger partial charge in [0.2, 0.25) is 0 Å². The molecule has 0 heterocycles. The summed E-state index contributed by atoms with van der Waals surface area (Å²) in [4.78, 5) is 11.4. The molecule has 64 valence electrons. The summed E-state index contributed by atoms with van der Waals surface area (Å²) in [5.74, 6) is 0.181. The van der Waals surface area contributed by atoms with Gasteiger partial charge in [0.25, 0.3) is 0 Å². The van der Waals surface area contributed by atoms with Crippen molar-refractivity contribution in [3.63, 3.8) is 0 Å². The SMILES string of the molecule is Cc1ccc(C(=O)C(C)P)cc1. The Bertz CT molecular complexity index is 274.